The molecule has 3 N–H and O–H groups in total. The lowest BCUT2D eigenvalue weighted by Crippen LogP contribution is -2.30. The number of thiocarbonyl (C=S) groups is 1. The van der Waals surface area contributed by atoms with E-state index in [9.17, 15) is 5.26 Å². The van der Waals surface area contributed by atoms with Crippen LogP contribution in [0.25, 0.3) is 10.9 Å². The molecule has 0 unspecified atom stereocenters. The van der Waals surface area contributed by atoms with Crippen LogP contribution in [-0.4, -0.2) is 23.2 Å². The topological polar surface area (TPSA) is 72.8 Å². The second kappa shape index (κ2) is 9.55. The number of fused-ring (bicyclic) bond motifs is 1. The predicted molar refractivity (Wildman–Crippen MR) is 129 cm³/mol. The van der Waals surface area contributed by atoms with Gasteiger partial charge in [-0.3, -0.25) is 0 Å². The minimum Gasteiger partial charge on any atom is -0.369 e. The molecule has 0 atom stereocenters. The number of nitriles is 1. The van der Waals surface area contributed by atoms with E-state index in [2.05, 4.69) is 67.1 Å². The van der Waals surface area contributed by atoms with E-state index in [0.717, 1.165) is 40.7 Å². The van der Waals surface area contributed by atoms with E-state index in [1.807, 2.05) is 19.1 Å². The van der Waals surface area contributed by atoms with Crippen molar-refractivity contribution in [1.29, 1.82) is 5.26 Å². The number of benzene rings is 2. The highest BCUT2D eigenvalue weighted by Crippen LogP contribution is 2.24. The molecule has 0 aliphatic rings. The molecule has 5 nitrogen and oxygen atoms in total. The molecule has 0 aliphatic heterocycles. The van der Waals surface area contributed by atoms with Crippen LogP contribution in [0.1, 0.15) is 34.2 Å². The molecule has 3 rings (SSSR count). The molecule has 0 fully saturated rings. The van der Waals surface area contributed by atoms with Crippen molar-refractivity contribution in [3.63, 3.8) is 0 Å². The van der Waals surface area contributed by atoms with Crippen LogP contribution in [0, 0.1) is 39.0 Å². The molecule has 0 aliphatic carbocycles. The Balaban J connectivity index is 1.53. The summed E-state index contributed by atoms with van der Waals surface area (Å²) in [6.07, 6.45) is 0.839. The Kier molecular flexibility index (Phi) is 6.86. The molecule has 0 saturated carbocycles. The van der Waals surface area contributed by atoms with Crippen molar-refractivity contribution in [2.75, 3.05) is 23.7 Å². The molecule has 2 aromatic carbocycles. The third kappa shape index (κ3) is 5.25. The van der Waals surface area contributed by atoms with Crippen molar-refractivity contribution >= 4 is 39.7 Å². The highest BCUT2D eigenvalue weighted by Gasteiger charge is 2.09. The Morgan fingerprint density at radius 2 is 1.77 bits per heavy atom. The Morgan fingerprint density at radius 1 is 1.00 bits per heavy atom. The first-order valence-electron chi connectivity index (χ1n) is 10.1. The summed E-state index contributed by atoms with van der Waals surface area (Å²) in [4.78, 5) is 4.70. The van der Waals surface area contributed by atoms with Crippen molar-refractivity contribution in [1.82, 2.24) is 10.3 Å². The molecule has 6 heteroatoms. The van der Waals surface area contributed by atoms with Crippen molar-refractivity contribution in [2.45, 2.75) is 34.1 Å². The molecule has 0 saturated heterocycles. The van der Waals surface area contributed by atoms with Gasteiger partial charge >= 0.3 is 0 Å². The van der Waals surface area contributed by atoms with Crippen molar-refractivity contribution < 1.29 is 0 Å². The summed E-state index contributed by atoms with van der Waals surface area (Å²) < 4.78 is 0. The summed E-state index contributed by atoms with van der Waals surface area (Å²) in [6.45, 7) is 9.65. The molecule has 1 aromatic heterocycles. The molecule has 0 bridgehead atoms. The molecule has 3 aromatic rings. The largest absolute Gasteiger partial charge is 0.369 e. The second-order valence-electron chi connectivity index (χ2n) is 7.63. The molecule has 154 valence electrons. The van der Waals surface area contributed by atoms with E-state index in [4.69, 9.17) is 17.2 Å². The number of nitrogens with one attached hydrogen (secondary N) is 3. The first-order chi connectivity index (χ1) is 14.4. The number of hydrogen-bond donors (Lipinski definition) is 3. The van der Waals surface area contributed by atoms with Crippen LogP contribution in [0.4, 0.5) is 11.5 Å². The average Bonchev–Trinajstić information content (AvgIpc) is 2.69. The van der Waals surface area contributed by atoms with Gasteiger partial charge < -0.3 is 16.0 Å². The summed E-state index contributed by atoms with van der Waals surface area (Å²) in [5, 5.41) is 20.9. The van der Waals surface area contributed by atoms with Crippen LogP contribution in [-0.2, 0) is 0 Å². The number of aryl methyl sites for hydroxylation is 4. The van der Waals surface area contributed by atoms with Crippen LogP contribution in [0.5, 0.6) is 0 Å². The molecule has 0 spiro atoms. The lowest BCUT2D eigenvalue weighted by Gasteiger charge is -2.14. The average molecular weight is 418 g/mol. The summed E-state index contributed by atoms with van der Waals surface area (Å²) >= 11 is 5.39. The fourth-order valence-corrected chi connectivity index (χ4v) is 3.70. The predicted octanol–water partition coefficient (Wildman–Crippen LogP) is 5.13. The van der Waals surface area contributed by atoms with Gasteiger partial charge in [-0.1, -0.05) is 29.3 Å². The smallest absolute Gasteiger partial charge is 0.170 e. The van der Waals surface area contributed by atoms with Gasteiger partial charge in [0.2, 0.25) is 0 Å². The Hall–Kier alpha value is -3.17. The van der Waals surface area contributed by atoms with E-state index in [0.29, 0.717) is 23.0 Å². The lowest BCUT2D eigenvalue weighted by atomic mass is 10.1. The Morgan fingerprint density at radius 3 is 2.50 bits per heavy atom. The normalized spacial score (nSPS) is 10.5. The van der Waals surface area contributed by atoms with Crippen LogP contribution in [0.2, 0.25) is 0 Å². The first-order valence-corrected chi connectivity index (χ1v) is 10.5. The third-order valence-electron chi connectivity index (χ3n) is 4.93. The van der Waals surface area contributed by atoms with Gasteiger partial charge in [-0.05, 0) is 75.7 Å². The van der Waals surface area contributed by atoms with Crippen LogP contribution in [0.15, 0.2) is 36.4 Å². The van der Waals surface area contributed by atoms with Gasteiger partial charge in [0.05, 0.1) is 11.1 Å². The summed E-state index contributed by atoms with van der Waals surface area (Å²) in [6, 6.07) is 14.6. The van der Waals surface area contributed by atoms with E-state index in [-0.39, 0.29) is 0 Å². The van der Waals surface area contributed by atoms with Gasteiger partial charge in [0.1, 0.15) is 11.9 Å². The molecule has 0 radical (unpaired) electrons. The van der Waals surface area contributed by atoms with Crippen molar-refractivity contribution in [3.05, 3.63) is 64.2 Å². The lowest BCUT2D eigenvalue weighted by molar-refractivity contribution is 0.807. The van der Waals surface area contributed by atoms with E-state index >= 15 is 0 Å². The number of pyridine rings is 1. The molecule has 30 heavy (non-hydrogen) atoms. The minimum atomic E-state index is 0.562. The maximum absolute atomic E-state index is 9.50. The third-order valence-corrected chi connectivity index (χ3v) is 5.18. The van der Waals surface area contributed by atoms with Gasteiger partial charge in [0.15, 0.2) is 5.11 Å². The monoisotopic (exact) mass is 417 g/mol. The standard InChI is InChI=1S/C24H27N5S/c1-15-6-7-21(17(3)10-15)28-24(30)27-9-5-8-26-23-20(14-25)13-19-12-16(2)11-18(4)22(19)29-23/h6-7,10-13H,5,8-9H2,1-4H3,(H,26,29)(H2,27,28,30). The summed E-state index contributed by atoms with van der Waals surface area (Å²) in [7, 11) is 0. The van der Waals surface area contributed by atoms with E-state index in [1.54, 1.807) is 0 Å². The van der Waals surface area contributed by atoms with E-state index in [1.165, 1.54) is 11.1 Å². The van der Waals surface area contributed by atoms with Gasteiger partial charge in [-0.15, -0.1) is 0 Å². The maximum Gasteiger partial charge on any atom is 0.170 e. The number of nitrogens with zero attached hydrogens (tertiary/aromatic N) is 2. The Bertz CT molecular complexity index is 1130. The molecular weight excluding hydrogens is 390 g/mol. The zero-order valence-corrected chi connectivity index (χ0v) is 18.7. The fraction of sp³-hybridized carbons (Fsp3) is 0.292. The van der Waals surface area contributed by atoms with Crippen molar-refractivity contribution in [2.24, 2.45) is 0 Å². The minimum absolute atomic E-state index is 0.562. The van der Waals surface area contributed by atoms with Crippen LogP contribution >= 0.6 is 12.2 Å². The number of anilines is 2. The van der Waals surface area contributed by atoms with Gasteiger partial charge in [0, 0.05) is 24.2 Å². The summed E-state index contributed by atoms with van der Waals surface area (Å²) in [5.74, 6) is 0.632. The highest BCUT2D eigenvalue weighted by atomic mass is 32.1. The van der Waals surface area contributed by atoms with E-state index < -0.39 is 0 Å². The van der Waals surface area contributed by atoms with Gasteiger partial charge in [-0.25, -0.2) is 4.98 Å². The molecule has 1 heterocycles. The van der Waals surface area contributed by atoms with Gasteiger partial charge in [0.25, 0.3) is 0 Å². The Labute approximate surface area is 183 Å². The SMILES string of the molecule is Cc1ccc(NC(=S)NCCCNc2nc3c(C)cc(C)cc3cc2C#N)c(C)c1. The second-order valence-corrected chi connectivity index (χ2v) is 8.04. The molecule has 0 amide bonds. The number of aromatic nitrogens is 1. The van der Waals surface area contributed by atoms with Gasteiger partial charge in [-0.2, -0.15) is 5.26 Å². The zero-order valence-electron chi connectivity index (χ0n) is 17.9. The zero-order chi connectivity index (χ0) is 21.7. The number of hydrogen-bond acceptors (Lipinski definition) is 4. The van der Waals surface area contributed by atoms with Crippen LogP contribution < -0.4 is 16.0 Å². The molecular formula is C24H27N5S. The quantitative estimate of drug-likeness (QED) is 0.381. The van der Waals surface area contributed by atoms with Crippen LogP contribution in [0.3, 0.4) is 0 Å². The maximum atomic E-state index is 9.50. The fourth-order valence-electron chi connectivity index (χ4n) is 3.49. The highest BCUT2D eigenvalue weighted by molar-refractivity contribution is 7.80. The first kappa shape index (κ1) is 21.5. The van der Waals surface area contributed by atoms with Crippen molar-refractivity contribution in [3.8, 4) is 6.07 Å². The number of rotatable bonds is 6. The summed E-state index contributed by atoms with van der Waals surface area (Å²) in [5.41, 5.74) is 7.18.